The fraction of sp³-hybridized carbons (Fsp3) is 0.312. The van der Waals surface area contributed by atoms with E-state index in [9.17, 15) is 14.4 Å². The zero-order valence-corrected chi connectivity index (χ0v) is 13.4. The molecule has 8 heteroatoms. The van der Waals surface area contributed by atoms with Crippen LogP contribution in [-0.2, 0) is 14.4 Å². The van der Waals surface area contributed by atoms with Crippen LogP contribution in [0.25, 0.3) is 5.69 Å². The molecule has 3 amide bonds. The second-order valence-electron chi connectivity index (χ2n) is 5.66. The second kappa shape index (κ2) is 6.23. The summed E-state index contributed by atoms with van der Waals surface area (Å²) < 4.78 is 1.68. The summed E-state index contributed by atoms with van der Waals surface area (Å²) >= 11 is 0. The summed E-state index contributed by atoms with van der Waals surface area (Å²) in [5.74, 6) is -1.01. The maximum atomic E-state index is 12.3. The van der Waals surface area contributed by atoms with Crippen LogP contribution in [0.4, 0.5) is 5.69 Å². The molecule has 0 aliphatic carbocycles. The van der Waals surface area contributed by atoms with Crippen LogP contribution in [0.5, 0.6) is 0 Å². The van der Waals surface area contributed by atoms with E-state index >= 15 is 0 Å². The average molecular weight is 327 g/mol. The molecule has 3 rings (SSSR count). The van der Waals surface area contributed by atoms with Crippen molar-refractivity contribution in [1.82, 2.24) is 19.9 Å². The highest BCUT2D eigenvalue weighted by Gasteiger charge is 2.36. The Balaban J connectivity index is 1.70. The molecule has 0 bridgehead atoms. The lowest BCUT2D eigenvalue weighted by Crippen LogP contribution is -2.44. The first-order valence-corrected chi connectivity index (χ1v) is 7.61. The summed E-state index contributed by atoms with van der Waals surface area (Å²) in [5.41, 5.74) is 2.29. The molecule has 24 heavy (non-hydrogen) atoms. The summed E-state index contributed by atoms with van der Waals surface area (Å²) in [5, 5.41) is 10.5. The third-order valence-corrected chi connectivity index (χ3v) is 3.96. The molecule has 1 aromatic carbocycles. The molecule has 2 aromatic rings. The molecule has 1 aliphatic rings. The molecular formula is C16H17N5O3. The minimum Gasteiger partial charge on any atom is -0.324 e. The first-order valence-electron chi connectivity index (χ1n) is 7.61. The number of carbonyl (C=O) groups is 3. The second-order valence-corrected chi connectivity index (χ2v) is 5.66. The van der Waals surface area contributed by atoms with Crippen molar-refractivity contribution >= 4 is 23.4 Å². The molecule has 0 unspecified atom stereocenters. The quantitative estimate of drug-likeness (QED) is 0.847. The van der Waals surface area contributed by atoms with E-state index in [1.165, 1.54) is 0 Å². The van der Waals surface area contributed by atoms with Gasteiger partial charge in [0.05, 0.1) is 17.6 Å². The number of nitrogens with one attached hydrogen (secondary N) is 1. The predicted molar refractivity (Wildman–Crippen MR) is 85.3 cm³/mol. The largest absolute Gasteiger partial charge is 0.324 e. The summed E-state index contributed by atoms with van der Waals surface area (Å²) in [7, 11) is 0. The van der Waals surface area contributed by atoms with Crippen LogP contribution >= 0.6 is 0 Å². The van der Waals surface area contributed by atoms with E-state index in [1.807, 2.05) is 6.92 Å². The number of hydrogen-bond donors (Lipinski definition) is 1. The lowest BCUT2D eigenvalue weighted by molar-refractivity contribution is -0.144. The molecule has 1 fully saturated rings. The molecular weight excluding hydrogens is 310 g/mol. The summed E-state index contributed by atoms with van der Waals surface area (Å²) in [6.45, 7) is 3.44. The maximum Gasteiger partial charge on any atom is 0.247 e. The van der Waals surface area contributed by atoms with Gasteiger partial charge >= 0.3 is 0 Å². The normalized spacial score (nSPS) is 15.7. The van der Waals surface area contributed by atoms with Crippen molar-refractivity contribution in [3.8, 4) is 5.69 Å². The van der Waals surface area contributed by atoms with Crippen LogP contribution in [0, 0.1) is 6.92 Å². The zero-order valence-electron chi connectivity index (χ0n) is 13.4. The van der Waals surface area contributed by atoms with Gasteiger partial charge in [0.25, 0.3) is 0 Å². The first-order chi connectivity index (χ1) is 11.5. The van der Waals surface area contributed by atoms with Gasteiger partial charge in [0.2, 0.25) is 17.7 Å². The summed E-state index contributed by atoms with van der Waals surface area (Å²) in [6.07, 6.45) is 1.99. The van der Waals surface area contributed by atoms with Crippen molar-refractivity contribution in [2.45, 2.75) is 32.7 Å². The third-order valence-electron chi connectivity index (χ3n) is 3.96. The minimum absolute atomic E-state index is 0.169. The first kappa shape index (κ1) is 15.9. The molecule has 124 valence electrons. The van der Waals surface area contributed by atoms with Crippen LogP contribution in [-0.4, -0.2) is 43.7 Å². The van der Waals surface area contributed by atoms with Crippen LogP contribution in [0.2, 0.25) is 0 Å². The molecule has 1 atom stereocenters. The lowest BCUT2D eigenvalue weighted by Gasteiger charge is -2.21. The van der Waals surface area contributed by atoms with Crippen LogP contribution in [0.1, 0.15) is 25.5 Å². The number of nitrogens with zero attached hydrogens (tertiary/aromatic N) is 4. The number of benzene rings is 1. The molecule has 1 aromatic heterocycles. The van der Waals surface area contributed by atoms with Gasteiger partial charge in [-0.25, -0.2) is 4.68 Å². The topological polar surface area (TPSA) is 97.2 Å². The van der Waals surface area contributed by atoms with E-state index in [0.29, 0.717) is 5.69 Å². The number of aryl methyl sites for hydroxylation is 1. The molecule has 1 saturated heterocycles. The Bertz CT molecular complexity index is 780. The fourth-order valence-corrected chi connectivity index (χ4v) is 2.62. The molecule has 1 aliphatic heterocycles. The van der Waals surface area contributed by atoms with Crippen molar-refractivity contribution in [2.24, 2.45) is 0 Å². The molecule has 0 radical (unpaired) electrons. The highest BCUT2D eigenvalue weighted by atomic mass is 16.2. The minimum atomic E-state index is -0.829. The average Bonchev–Trinajstić information content (AvgIpc) is 3.13. The Morgan fingerprint density at radius 1 is 1.17 bits per heavy atom. The number of rotatable bonds is 4. The SMILES string of the molecule is Cc1cnnn1-c1ccc(NC(=O)[C@H](C)N2C(=O)CCC2=O)cc1. The smallest absolute Gasteiger partial charge is 0.247 e. The Kier molecular flexibility index (Phi) is 4.11. The maximum absolute atomic E-state index is 12.3. The number of amides is 3. The van der Waals surface area contributed by atoms with E-state index in [2.05, 4.69) is 15.6 Å². The van der Waals surface area contributed by atoms with Gasteiger partial charge in [-0.05, 0) is 38.1 Å². The van der Waals surface area contributed by atoms with E-state index in [1.54, 1.807) is 42.1 Å². The van der Waals surface area contributed by atoms with Crippen molar-refractivity contribution in [1.29, 1.82) is 0 Å². The highest BCUT2D eigenvalue weighted by Crippen LogP contribution is 2.18. The summed E-state index contributed by atoms with van der Waals surface area (Å²) in [4.78, 5) is 36.7. The van der Waals surface area contributed by atoms with Gasteiger partial charge in [-0.2, -0.15) is 0 Å². The molecule has 8 nitrogen and oxygen atoms in total. The van der Waals surface area contributed by atoms with Crippen LogP contribution < -0.4 is 5.32 Å². The van der Waals surface area contributed by atoms with Crippen LogP contribution in [0.15, 0.2) is 30.5 Å². The van der Waals surface area contributed by atoms with Gasteiger partial charge in [0.15, 0.2) is 0 Å². The van der Waals surface area contributed by atoms with Crippen LogP contribution in [0.3, 0.4) is 0 Å². The number of carbonyl (C=O) groups excluding carboxylic acids is 3. The van der Waals surface area contributed by atoms with E-state index in [-0.39, 0.29) is 24.7 Å². The number of anilines is 1. The zero-order chi connectivity index (χ0) is 17.3. The van der Waals surface area contributed by atoms with Crippen molar-refractivity contribution in [3.63, 3.8) is 0 Å². The van der Waals surface area contributed by atoms with E-state index < -0.39 is 11.9 Å². The van der Waals surface area contributed by atoms with Gasteiger partial charge in [0.1, 0.15) is 6.04 Å². The molecule has 1 N–H and O–H groups in total. The predicted octanol–water partition coefficient (Wildman–Crippen LogP) is 1.05. The molecule has 2 heterocycles. The fourth-order valence-electron chi connectivity index (χ4n) is 2.62. The Morgan fingerprint density at radius 2 is 1.79 bits per heavy atom. The van der Waals surface area contributed by atoms with E-state index in [4.69, 9.17) is 0 Å². The number of imide groups is 1. The van der Waals surface area contributed by atoms with Gasteiger partial charge in [0, 0.05) is 18.5 Å². The Morgan fingerprint density at radius 3 is 2.33 bits per heavy atom. The van der Waals surface area contributed by atoms with Gasteiger partial charge < -0.3 is 5.32 Å². The van der Waals surface area contributed by atoms with Crippen molar-refractivity contribution in [2.75, 3.05) is 5.32 Å². The summed E-state index contributed by atoms with van der Waals surface area (Å²) in [6, 6.07) is 6.23. The Labute approximate surface area is 138 Å². The highest BCUT2D eigenvalue weighted by molar-refractivity contribution is 6.07. The third kappa shape index (κ3) is 2.90. The Hall–Kier alpha value is -3.03. The number of aromatic nitrogens is 3. The standard InChI is InChI=1S/C16H17N5O3/c1-10-9-17-19-21(10)13-5-3-12(4-6-13)18-16(24)11(2)20-14(22)7-8-15(20)23/h3-6,9,11H,7-8H2,1-2H3,(H,18,24)/t11-/m0/s1. The van der Waals surface area contributed by atoms with Crippen molar-refractivity contribution < 1.29 is 14.4 Å². The number of hydrogen-bond acceptors (Lipinski definition) is 5. The van der Waals surface area contributed by atoms with Gasteiger partial charge in [-0.1, -0.05) is 5.21 Å². The van der Waals surface area contributed by atoms with Crippen molar-refractivity contribution in [3.05, 3.63) is 36.2 Å². The van der Waals surface area contributed by atoms with Gasteiger partial charge in [-0.3, -0.25) is 19.3 Å². The van der Waals surface area contributed by atoms with Gasteiger partial charge in [-0.15, -0.1) is 5.10 Å². The van der Waals surface area contributed by atoms with E-state index in [0.717, 1.165) is 16.3 Å². The molecule has 0 saturated carbocycles. The lowest BCUT2D eigenvalue weighted by atomic mass is 10.2. The molecule has 0 spiro atoms. The number of likely N-dealkylation sites (tertiary alicyclic amines) is 1. The monoisotopic (exact) mass is 327 g/mol.